The van der Waals surface area contributed by atoms with Crippen LogP contribution in [0.4, 0.5) is 5.69 Å². The lowest BCUT2D eigenvalue weighted by atomic mass is 9.74. The van der Waals surface area contributed by atoms with Crippen molar-refractivity contribution in [1.29, 1.82) is 0 Å². The first-order valence-electron chi connectivity index (χ1n) is 9.73. The van der Waals surface area contributed by atoms with Gasteiger partial charge in [-0.2, -0.15) is 0 Å². The molecule has 5 nitrogen and oxygen atoms in total. The van der Waals surface area contributed by atoms with Crippen molar-refractivity contribution in [2.45, 2.75) is 51.1 Å². The Morgan fingerprint density at radius 3 is 2.46 bits per heavy atom. The average molecular weight is 362 g/mol. The van der Waals surface area contributed by atoms with Gasteiger partial charge in [-0.1, -0.05) is 0 Å². The van der Waals surface area contributed by atoms with Crippen LogP contribution in [0.5, 0.6) is 11.5 Å². The fourth-order valence-corrected chi connectivity index (χ4v) is 5.25. The smallest absolute Gasteiger partial charge is 0.315 e. The van der Waals surface area contributed by atoms with Crippen molar-refractivity contribution < 1.29 is 14.3 Å². The van der Waals surface area contributed by atoms with E-state index in [4.69, 9.17) is 9.47 Å². The SMILES string of the molecule is COc1ccc([N+](C)(C(C)=O)C2CCCC3CCCN(C)C32)cc1OC. The number of amides is 1. The Morgan fingerprint density at radius 1 is 1.12 bits per heavy atom. The van der Waals surface area contributed by atoms with E-state index >= 15 is 0 Å². The van der Waals surface area contributed by atoms with E-state index in [1.165, 1.54) is 25.7 Å². The molecular weight excluding hydrogens is 328 g/mol. The van der Waals surface area contributed by atoms with Crippen molar-refractivity contribution >= 4 is 11.6 Å². The maximum Gasteiger partial charge on any atom is 0.315 e. The minimum atomic E-state index is 0.182. The molecule has 3 rings (SSSR count). The van der Waals surface area contributed by atoms with Crippen molar-refractivity contribution in [3.8, 4) is 11.5 Å². The Bertz CT molecular complexity index is 661. The quantitative estimate of drug-likeness (QED) is 0.770. The fourth-order valence-electron chi connectivity index (χ4n) is 5.25. The van der Waals surface area contributed by atoms with Gasteiger partial charge in [-0.15, -0.1) is 0 Å². The number of carbonyl (C=O) groups is 1. The van der Waals surface area contributed by atoms with Crippen LogP contribution in [0.15, 0.2) is 18.2 Å². The first kappa shape index (κ1) is 19.2. The molecule has 4 atom stereocenters. The van der Waals surface area contributed by atoms with Crippen molar-refractivity contribution in [2.24, 2.45) is 5.92 Å². The molecule has 1 aromatic carbocycles. The lowest BCUT2D eigenvalue weighted by molar-refractivity contribution is -0.132. The number of hydrogen-bond acceptors (Lipinski definition) is 4. The highest BCUT2D eigenvalue weighted by Crippen LogP contribution is 2.43. The van der Waals surface area contributed by atoms with Crippen LogP contribution in [0.3, 0.4) is 0 Å². The molecule has 2 aliphatic rings. The first-order valence-corrected chi connectivity index (χ1v) is 9.73. The van der Waals surface area contributed by atoms with Gasteiger partial charge in [0.25, 0.3) is 0 Å². The first-order chi connectivity index (χ1) is 12.4. The minimum Gasteiger partial charge on any atom is -0.493 e. The van der Waals surface area contributed by atoms with Crippen LogP contribution < -0.4 is 14.0 Å². The summed E-state index contributed by atoms with van der Waals surface area (Å²) in [6, 6.07) is 6.65. The van der Waals surface area contributed by atoms with Crippen LogP contribution in [0.25, 0.3) is 0 Å². The standard InChI is InChI=1S/C21H33N2O3/c1-15(24)23(3,17-11-12-19(25-4)20(14-17)26-5)18-10-6-8-16-9-7-13-22(2)21(16)18/h11-12,14,16,18,21H,6-10,13H2,1-5H3/q+1. The molecule has 4 unspecified atom stereocenters. The third kappa shape index (κ3) is 3.12. The van der Waals surface area contributed by atoms with Gasteiger partial charge in [-0.05, 0) is 51.3 Å². The molecule has 2 fully saturated rings. The van der Waals surface area contributed by atoms with Crippen LogP contribution in [-0.2, 0) is 4.79 Å². The van der Waals surface area contributed by atoms with E-state index in [9.17, 15) is 4.79 Å². The molecule has 0 spiro atoms. The van der Waals surface area contributed by atoms with Gasteiger partial charge >= 0.3 is 5.91 Å². The van der Waals surface area contributed by atoms with Gasteiger partial charge in [0.2, 0.25) is 0 Å². The highest BCUT2D eigenvalue weighted by molar-refractivity contribution is 5.87. The molecule has 1 aliphatic heterocycles. The molecular formula is C21H33N2O3+. The summed E-state index contributed by atoms with van der Waals surface area (Å²) in [5, 5.41) is 0. The summed E-state index contributed by atoms with van der Waals surface area (Å²) < 4.78 is 11.2. The van der Waals surface area contributed by atoms with Crippen LogP contribution in [0.1, 0.15) is 39.0 Å². The third-order valence-electron chi connectivity index (χ3n) is 6.77. The summed E-state index contributed by atoms with van der Waals surface area (Å²) in [6.45, 7) is 2.85. The maximum atomic E-state index is 13.0. The number of fused-ring (bicyclic) bond motifs is 1. The topological polar surface area (TPSA) is 38.8 Å². The molecule has 1 amide bonds. The van der Waals surface area contributed by atoms with Gasteiger partial charge in [0.1, 0.15) is 11.7 Å². The lowest BCUT2D eigenvalue weighted by Crippen LogP contribution is -2.67. The molecule has 144 valence electrons. The Labute approximate surface area is 157 Å². The zero-order valence-corrected chi connectivity index (χ0v) is 16.8. The number of rotatable bonds is 4. The summed E-state index contributed by atoms with van der Waals surface area (Å²) in [6.07, 6.45) is 6.12. The normalized spacial score (nSPS) is 28.7. The van der Waals surface area contributed by atoms with E-state index in [2.05, 4.69) is 19.0 Å². The van der Waals surface area contributed by atoms with E-state index in [0.717, 1.165) is 18.7 Å². The van der Waals surface area contributed by atoms with Gasteiger partial charge in [-0.3, -0.25) is 4.90 Å². The largest absolute Gasteiger partial charge is 0.493 e. The number of ether oxygens (including phenoxy) is 2. The number of hydrogen-bond donors (Lipinski definition) is 0. The van der Waals surface area contributed by atoms with Crippen molar-refractivity contribution in [2.75, 3.05) is 34.9 Å². The van der Waals surface area contributed by atoms with Crippen LogP contribution in [0, 0.1) is 5.92 Å². The van der Waals surface area contributed by atoms with Crippen molar-refractivity contribution in [3.05, 3.63) is 18.2 Å². The number of nitrogens with zero attached hydrogens (tertiary/aromatic N) is 2. The number of piperidine rings is 1. The maximum absolute atomic E-state index is 13.0. The zero-order chi connectivity index (χ0) is 18.9. The summed E-state index contributed by atoms with van der Waals surface area (Å²) in [5.74, 6) is 2.26. The lowest BCUT2D eigenvalue weighted by Gasteiger charge is -2.51. The van der Waals surface area contributed by atoms with Crippen LogP contribution in [-0.4, -0.2) is 57.8 Å². The summed E-state index contributed by atoms with van der Waals surface area (Å²) in [5.41, 5.74) is 0.986. The third-order valence-corrected chi connectivity index (χ3v) is 6.77. The molecule has 1 aliphatic carbocycles. The van der Waals surface area contributed by atoms with Crippen LogP contribution >= 0.6 is 0 Å². The Morgan fingerprint density at radius 2 is 1.81 bits per heavy atom. The summed E-state index contributed by atoms with van der Waals surface area (Å²) in [4.78, 5) is 15.5. The predicted octanol–water partition coefficient (Wildman–Crippen LogP) is 3.45. The number of quaternary nitrogens is 1. The van der Waals surface area contributed by atoms with E-state index in [1.54, 1.807) is 21.1 Å². The molecule has 0 aromatic heterocycles. The Hall–Kier alpha value is -1.59. The molecule has 1 saturated heterocycles. The van der Waals surface area contributed by atoms with E-state index in [1.807, 2.05) is 18.2 Å². The molecule has 26 heavy (non-hydrogen) atoms. The molecule has 1 aromatic rings. The highest BCUT2D eigenvalue weighted by Gasteiger charge is 2.50. The summed E-state index contributed by atoms with van der Waals surface area (Å²) >= 11 is 0. The predicted molar refractivity (Wildman–Crippen MR) is 105 cm³/mol. The molecule has 1 saturated carbocycles. The van der Waals surface area contributed by atoms with Crippen molar-refractivity contribution in [1.82, 2.24) is 9.38 Å². The minimum absolute atomic E-state index is 0.182. The van der Waals surface area contributed by atoms with Crippen LogP contribution in [0.2, 0.25) is 0 Å². The second-order valence-electron chi connectivity index (χ2n) is 8.01. The molecule has 0 radical (unpaired) electrons. The second kappa shape index (κ2) is 7.57. The molecule has 5 heteroatoms. The Kier molecular flexibility index (Phi) is 5.58. The number of benzene rings is 1. The molecule has 0 N–H and O–H groups in total. The number of carbonyl (C=O) groups excluding carboxylic acids is 1. The monoisotopic (exact) mass is 361 g/mol. The van der Waals surface area contributed by atoms with Gasteiger partial charge in [0.15, 0.2) is 11.5 Å². The van der Waals surface area contributed by atoms with Gasteiger partial charge in [-0.25, -0.2) is 9.28 Å². The number of likely N-dealkylation sites (N-methyl/N-ethyl adjacent to an activating group) is 2. The van der Waals surface area contributed by atoms with Crippen molar-refractivity contribution in [3.63, 3.8) is 0 Å². The van der Waals surface area contributed by atoms with Gasteiger partial charge in [0.05, 0.1) is 34.2 Å². The second-order valence-corrected chi connectivity index (χ2v) is 8.01. The Balaban J connectivity index is 2.05. The van der Waals surface area contributed by atoms with E-state index in [0.29, 0.717) is 27.9 Å². The fraction of sp³-hybridized carbons (Fsp3) is 0.667. The van der Waals surface area contributed by atoms with E-state index < -0.39 is 0 Å². The molecule has 0 bridgehead atoms. The number of methoxy groups -OCH3 is 2. The van der Waals surface area contributed by atoms with E-state index in [-0.39, 0.29) is 11.9 Å². The molecule has 1 heterocycles. The highest BCUT2D eigenvalue weighted by atomic mass is 16.5. The van der Waals surface area contributed by atoms with Gasteiger partial charge < -0.3 is 9.47 Å². The number of likely N-dealkylation sites (tertiary alicyclic amines) is 1. The zero-order valence-electron chi connectivity index (χ0n) is 16.8. The summed E-state index contributed by atoms with van der Waals surface area (Å²) in [7, 11) is 7.60. The van der Waals surface area contributed by atoms with Gasteiger partial charge in [0, 0.05) is 18.6 Å². The average Bonchev–Trinajstić information content (AvgIpc) is 2.66.